The molecule has 6 heteroatoms. The van der Waals surface area contributed by atoms with Gasteiger partial charge >= 0.3 is 0 Å². The standard InChI is InChI=1S/C18H24FN3O2/c19-16-7-6-13(10-15(16)17(20)23)21-18(24)12-8-9-22(11-12)14-4-2-1-3-5-14/h6-7,10,12,14H,1-5,8-9,11H2,(H2,20,23)(H,21,24). The topological polar surface area (TPSA) is 75.4 Å². The molecule has 0 aromatic heterocycles. The lowest BCUT2D eigenvalue weighted by molar-refractivity contribution is -0.119. The van der Waals surface area contributed by atoms with Crippen LogP contribution in [0.15, 0.2) is 18.2 Å². The summed E-state index contributed by atoms with van der Waals surface area (Å²) in [5.74, 6) is -1.65. The summed E-state index contributed by atoms with van der Waals surface area (Å²) < 4.78 is 13.5. The molecular weight excluding hydrogens is 309 g/mol. The van der Waals surface area contributed by atoms with E-state index in [1.54, 1.807) is 0 Å². The Hall–Kier alpha value is -1.95. The number of rotatable bonds is 4. The Morgan fingerprint density at radius 1 is 1.17 bits per heavy atom. The van der Waals surface area contributed by atoms with Crippen LogP contribution in [-0.4, -0.2) is 35.8 Å². The maximum Gasteiger partial charge on any atom is 0.251 e. The van der Waals surface area contributed by atoms with Crippen molar-refractivity contribution in [2.24, 2.45) is 11.7 Å². The number of nitrogens with one attached hydrogen (secondary N) is 1. The maximum atomic E-state index is 13.5. The van der Waals surface area contributed by atoms with E-state index in [0.29, 0.717) is 11.7 Å². The molecule has 1 unspecified atom stereocenters. The zero-order chi connectivity index (χ0) is 17.1. The van der Waals surface area contributed by atoms with E-state index in [1.165, 1.54) is 44.2 Å². The van der Waals surface area contributed by atoms with Crippen LogP contribution >= 0.6 is 0 Å². The minimum Gasteiger partial charge on any atom is -0.366 e. The predicted molar refractivity (Wildman–Crippen MR) is 90.1 cm³/mol. The summed E-state index contributed by atoms with van der Waals surface area (Å²) in [6.45, 7) is 1.74. The summed E-state index contributed by atoms with van der Waals surface area (Å²) in [7, 11) is 0. The van der Waals surface area contributed by atoms with Gasteiger partial charge in [-0.2, -0.15) is 0 Å². The SMILES string of the molecule is NC(=O)c1cc(NC(=O)C2CCN(C3CCCCC3)C2)ccc1F. The van der Waals surface area contributed by atoms with Crippen molar-refractivity contribution in [2.75, 3.05) is 18.4 Å². The molecule has 1 heterocycles. The molecule has 24 heavy (non-hydrogen) atoms. The number of nitrogens with zero attached hydrogens (tertiary/aromatic N) is 1. The molecule has 130 valence electrons. The van der Waals surface area contributed by atoms with Gasteiger partial charge in [0.2, 0.25) is 5.91 Å². The fourth-order valence-electron chi connectivity index (χ4n) is 3.82. The summed E-state index contributed by atoms with van der Waals surface area (Å²) in [5.41, 5.74) is 5.34. The maximum absolute atomic E-state index is 13.5. The van der Waals surface area contributed by atoms with Crippen LogP contribution in [0.4, 0.5) is 10.1 Å². The van der Waals surface area contributed by atoms with Crippen LogP contribution in [0.3, 0.4) is 0 Å². The minimum absolute atomic E-state index is 0.0611. The molecule has 1 atom stereocenters. The number of hydrogen-bond donors (Lipinski definition) is 2. The third-order valence-electron chi connectivity index (χ3n) is 5.18. The zero-order valence-corrected chi connectivity index (χ0v) is 13.8. The van der Waals surface area contributed by atoms with Gasteiger partial charge in [0.1, 0.15) is 5.82 Å². The van der Waals surface area contributed by atoms with Crippen molar-refractivity contribution >= 4 is 17.5 Å². The quantitative estimate of drug-likeness (QED) is 0.889. The summed E-state index contributed by atoms with van der Waals surface area (Å²) in [6, 6.07) is 4.51. The number of amides is 2. The molecule has 0 radical (unpaired) electrons. The van der Waals surface area contributed by atoms with E-state index in [9.17, 15) is 14.0 Å². The minimum atomic E-state index is -0.840. The van der Waals surface area contributed by atoms with Crippen molar-refractivity contribution in [3.05, 3.63) is 29.6 Å². The molecule has 2 fully saturated rings. The number of carbonyl (C=O) groups excluding carboxylic acids is 2. The van der Waals surface area contributed by atoms with E-state index in [1.807, 2.05) is 0 Å². The smallest absolute Gasteiger partial charge is 0.251 e. The van der Waals surface area contributed by atoms with Crippen molar-refractivity contribution in [1.29, 1.82) is 0 Å². The van der Waals surface area contributed by atoms with E-state index in [4.69, 9.17) is 5.73 Å². The highest BCUT2D eigenvalue weighted by Gasteiger charge is 2.32. The lowest BCUT2D eigenvalue weighted by atomic mass is 9.94. The Labute approximate surface area is 141 Å². The third kappa shape index (κ3) is 3.75. The second kappa shape index (κ2) is 7.30. The summed E-state index contributed by atoms with van der Waals surface area (Å²) in [5, 5.41) is 2.79. The van der Waals surface area contributed by atoms with E-state index >= 15 is 0 Å². The largest absolute Gasteiger partial charge is 0.366 e. The average Bonchev–Trinajstić information content (AvgIpc) is 3.07. The van der Waals surface area contributed by atoms with Crippen molar-refractivity contribution < 1.29 is 14.0 Å². The van der Waals surface area contributed by atoms with Crippen LogP contribution < -0.4 is 11.1 Å². The summed E-state index contributed by atoms with van der Waals surface area (Å²) >= 11 is 0. The number of anilines is 1. The lowest BCUT2D eigenvalue weighted by Gasteiger charge is -2.30. The number of likely N-dealkylation sites (tertiary alicyclic amines) is 1. The van der Waals surface area contributed by atoms with Gasteiger partial charge in [0.05, 0.1) is 11.5 Å². The lowest BCUT2D eigenvalue weighted by Crippen LogP contribution is -2.36. The normalized spacial score (nSPS) is 22.5. The molecule has 3 rings (SSSR count). The second-order valence-corrected chi connectivity index (χ2v) is 6.82. The molecular formula is C18H24FN3O2. The number of carbonyl (C=O) groups is 2. The number of nitrogens with two attached hydrogens (primary N) is 1. The zero-order valence-electron chi connectivity index (χ0n) is 13.8. The fraction of sp³-hybridized carbons (Fsp3) is 0.556. The van der Waals surface area contributed by atoms with E-state index in [2.05, 4.69) is 10.2 Å². The first-order valence-electron chi connectivity index (χ1n) is 8.69. The molecule has 1 aliphatic heterocycles. The van der Waals surface area contributed by atoms with Crippen LogP contribution in [0.2, 0.25) is 0 Å². The molecule has 3 N–H and O–H groups in total. The van der Waals surface area contributed by atoms with Gasteiger partial charge in [-0.05, 0) is 44.0 Å². The van der Waals surface area contributed by atoms with Crippen LogP contribution in [0.25, 0.3) is 0 Å². The molecule has 1 aliphatic carbocycles. The van der Waals surface area contributed by atoms with Crippen LogP contribution in [0.1, 0.15) is 48.9 Å². The summed E-state index contributed by atoms with van der Waals surface area (Å²) in [6.07, 6.45) is 7.18. The van der Waals surface area contributed by atoms with E-state index in [0.717, 1.165) is 25.6 Å². The Morgan fingerprint density at radius 3 is 2.62 bits per heavy atom. The first kappa shape index (κ1) is 16.9. The fourth-order valence-corrected chi connectivity index (χ4v) is 3.82. The van der Waals surface area contributed by atoms with Gasteiger partial charge < -0.3 is 11.1 Å². The van der Waals surface area contributed by atoms with Gasteiger partial charge in [0.25, 0.3) is 5.91 Å². The summed E-state index contributed by atoms with van der Waals surface area (Å²) in [4.78, 5) is 26.1. The Bertz CT molecular complexity index is 629. The monoisotopic (exact) mass is 333 g/mol. The van der Waals surface area contributed by atoms with Gasteiger partial charge in [-0.15, -0.1) is 0 Å². The van der Waals surface area contributed by atoms with Gasteiger partial charge in [0.15, 0.2) is 0 Å². The van der Waals surface area contributed by atoms with Crippen molar-refractivity contribution in [3.63, 3.8) is 0 Å². The molecule has 1 aromatic carbocycles. The highest BCUT2D eigenvalue weighted by atomic mass is 19.1. The molecule has 1 saturated heterocycles. The molecule has 2 amide bonds. The number of benzene rings is 1. The van der Waals surface area contributed by atoms with E-state index < -0.39 is 11.7 Å². The highest BCUT2D eigenvalue weighted by molar-refractivity contribution is 5.97. The Kier molecular flexibility index (Phi) is 5.14. The van der Waals surface area contributed by atoms with Gasteiger partial charge in [-0.25, -0.2) is 4.39 Å². The first-order chi connectivity index (χ1) is 11.5. The molecule has 1 aromatic rings. The van der Waals surface area contributed by atoms with E-state index in [-0.39, 0.29) is 17.4 Å². The third-order valence-corrected chi connectivity index (χ3v) is 5.18. The van der Waals surface area contributed by atoms with Crippen LogP contribution in [0, 0.1) is 11.7 Å². The molecule has 5 nitrogen and oxygen atoms in total. The molecule has 0 bridgehead atoms. The molecule has 1 saturated carbocycles. The van der Waals surface area contributed by atoms with Crippen LogP contribution in [0.5, 0.6) is 0 Å². The predicted octanol–water partition coefficient (Wildman–Crippen LogP) is 2.52. The highest BCUT2D eigenvalue weighted by Crippen LogP contribution is 2.28. The van der Waals surface area contributed by atoms with Gasteiger partial charge in [-0.3, -0.25) is 14.5 Å². The number of hydrogen-bond acceptors (Lipinski definition) is 3. The van der Waals surface area contributed by atoms with Gasteiger partial charge in [-0.1, -0.05) is 19.3 Å². The molecule has 0 spiro atoms. The van der Waals surface area contributed by atoms with Crippen molar-refractivity contribution in [2.45, 2.75) is 44.6 Å². The van der Waals surface area contributed by atoms with Crippen molar-refractivity contribution in [3.8, 4) is 0 Å². The Balaban J connectivity index is 1.59. The second-order valence-electron chi connectivity index (χ2n) is 6.82. The number of halogens is 1. The number of primary amides is 1. The molecule has 2 aliphatic rings. The van der Waals surface area contributed by atoms with Crippen molar-refractivity contribution in [1.82, 2.24) is 4.90 Å². The Morgan fingerprint density at radius 2 is 1.92 bits per heavy atom. The van der Waals surface area contributed by atoms with Crippen LogP contribution in [-0.2, 0) is 4.79 Å². The average molecular weight is 333 g/mol. The first-order valence-corrected chi connectivity index (χ1v) is 8.69. The van der Waals surface area contributed by atoms with Gasteiger partial charge in [0, 0.05) is 18.3 Å².